The summed E-state index contributed by atoms with van der Waals surface area (Å²) in [6, 6.07) is 3.72. The molecule has 0 radical (unpaired) electrons. The molecular formula is C14H14N6S. The molecule has 0 aromatic carbocycles. The van der Waals surface area contributed by atoms with Crippen LogP contribution in [0.4, 0.5) is 11.1 Å². The van der Waals surface area contributed by atoms with E-state index in [4.69, 9.17) is 5.26 Å². The van der Waals surface area contributed by atoms with Crippen molar-refractivity contribution < 1.29 is 0 Å². The van der Waals surface area contributed by atoms with Crippen LogP contribution in [0.3, 0.4) is 0 Å². The Morgan fingerprint density at radius 2 is 1.86 bits per heavy atom. The summed E-state index contributed by atoms with van der Waals surface area (Å²) in [7, 11) is 0. The maximum Gasteiger partial charge on any atom is 0.226 e. The summed E-state index contributed by atoms with van der Waals surface area (Å²) < 4.78 is 0. The number of nitriles is 1. The number of anilines is 2. The van der Waals surface area contributed by atoms with Gasteiger partial charge in [-0.25, -0.2) is 15.0 Å². The largest absolute Gasteiger partial charge is 0.347 e. The molecule has 2 aliphatic heterocycles. The molecule has 2 aliphatic rings. The molecule has 0 aliphatic carbocycles. The van der Waals surface area contributed by atoms with E-state index in [1.165, 1.54) is 0 Å². The van der Waals surface area contributed by atoms with E-state index < -0.39 is 0 Å². The highest BCUT2D eigenvalue weighted by Gasteiger charge is 2.41. The fourth-order valence-electron chi connectivity index (χ4n) is 3.25. The average Bonchev–Trinajstić information content (AvgIpc) is 3.21. The highest BCUT2D eigenvalue weighted by molar-refractivity contribution is 7.13. The third kappa shape index (κ3) is 2.21. The van der Waals surface area contributed by atoms with Gasteiger partial charge in [0.15, 0.2) is 5.13 Å². The van der Waals surface area contributed by atoms with Crippen molar-refractivity contribution >= 4 is 22.4 Å². The monoisotopic (exact) mass is 298 g/mol. The summed E-state index contributed by atoms with van der Waals surface area (Å²) in [5.74, 6) is 1.94. The molecule has 2 fully saturated rings. The molecule has 0 amide bonds. The summed E-state index contributed by atoms with van der Waals surface area (Å²) in [5, 5.41) is 12.1. The van der Waals surface area contributed by atoms with Gasteiger partial charge in [-0.1, -0.05) is 0 Å². The predicted octanol–water partition coefficient (Wildman–Crippen LogP) is 1.38. The van der Waals surface area contributed by atoms with Gasteiger partial charge < -0.3 is 9.80 Å². The Bertz CT molecular complexity index is 665. The molecule has 7 heteroatoms. The van der Waals surface area contributed by atoms with Gasteiger partial charge in [-0.3, -0.25) is 0 Å². The van der Waals surface area contributed by atoms with Crippen molar-refractivity contribution in [2.45, 2.75) is 0 Å². The topological polar surface area (TPSA) is 68.9 Å². The Morgan fingerprint density at radius 1 is 1.10 bits per heavy atom. The van der Waals surface area contributed by atoms with E-state index in [9.17, 15) is 0 Å². The van der Waals surface area contributed by atoms with Crippen LogP contribution >= 0.6 is 11.3 Å². The molecule has 21 heavy (non-hydrogen) atoms. The van der Waals surface area contributed by atoms with Crippen molar-refractivity contribution in [3.8, 4) is 6.07 Å². The fraction of sp³-hybridized carbons (Fsp3) is 0.429. The van der Waals surface area contributed by atoms with Crippen LogP contribution in [0.2, 0.25) is 0 Å². The lowest BCUT2D eigenvalue weighted by atomic mass is 10.0. The van der Waals surface area contributed by atoms with Crippen LogP contribution in [0.1, 0.15) is 5.69 Å². The zero-order chi connectivity index (χ0) is 14.2. The van der Waals surface area contributed by atoms with E-state index in [-0.39, 0.29) is 0 Å². The zero-order valence-corrected chi connectivity index (χ0v) is 12.2. The Kier molecular flexibility index (Phi) is 2.97. The molecule has 0 bridgehead atoms. The number of hydrogen-bond acceptors (Lipinski definition) is 7. The van der Waals surface area contributed by atoms with Crippen molar-refractivity contribution in [2.24, 2.45) is 11.8 Å². The minimum absolute atomic E-state index is 0.432. The normalized spacial score (nSPS) is 24.1. The van der Waals surface area contributed by atoms with E-state index in [0.29, 0.717) is 23.5 Å². The first-order chi connectivity index (χ1) is 10.3. The molecule has 0 N–H and O–H groups in total. The molecule has 2 aromatic rings. The summed E-state index contributed by atoms with van der Waals surface area (Å²) in [5.41, 5.74) is 0.432. The van der Waals surface area contributed by atoms with E-state index >= 15 is 0 Å². The second kappa shape index (κ2) is 4.97. The molecule has 6 nitrogen and oxygen atoms in total. The number of fused-ring (bicyclic) bond motifs is 1. The smallest absolute Gasteiger partial charge is 0.226 e. The Labute approximate surface area is 126 Å². The Morgan fingerprint density at radius 3 is 2.52 bits per heavy atom. The van der Waals surface area contributed by atoms with Crippen LogP contribution in [0.15, 0.2) is 23.8 Å². The fourth-order valence-corrected chi connectivity index (χ4v) is 3.91. The summed E-state index contributed by atoms with van der Waals surface area (Å²) >= 11 is 1.70. The minimum Gasteiger partial charge on any atom is -0.347 e. The maximum absolute atomic E-state index is 8.94. The lowest BCUT2D eigenvalue weighted by Gasteiger charge is -2.21. The average molecular weight is 298 g/mol. The quantitative estimate of drug-likeness (QED) is 0.834. The van der Waals surface area contributed by atoms with Crippen LogP contribution in [-0.4, -0.2) is 41.1 Å². The molecule has 4 heterocycles. The minimum atomic E-state index is 0.432. The first kappa shape index (κ1) is 12.5. The highest BCUT2D eigenvalue weighted by Crippen LogP contribution is 2.35. The van der Waals surface area contributed by atoms with Gasteiger partial charge in [0.1, 0.15) is 11.8 Å². The molecule has 2 saturated heterocycles. The third-order valence-corrected chi connectivity index (χ3v) is 5.05. The first-order valence-corrected chi connectivity index (χ1v) is 7.84. The van der Waals surface area contributed by atoms with Crippen molar-refractivity contribution in [1.82, 2.24) is 15.0 Å². The SMILES string of the molecule is N#Cc1ccnc(N2CC3CN(c4nccs4)CC3C2)n1. The van der Waals surface area contributed by atoms with E-state index in [1.807, 2.05) is 11.6 Å². The third-order valence-electron chi connectivity index (χ3n) is 4.22. The molecule has 2 atom stereocenters. The van der Waals surface area contributed by atoms with Gasteiger partial charge in [0.2, 0.25) is 5.95 Å². The highest BCUT2D eigenvalue weighted by atomic mass is 32.1. The van der Waals surface area contributed by atoms with Crippen LogP contribution < -0.4 is 9.80 Å². The van der Waals surface area contributed by atoms with Gasteiger partial charge in [0, 0.05) is 55.8 Å². The molecule has 2 aromatic heterocycles. The zero-order valence-electron chi connectivity index (χ0n) is 11.4. The van der Waals surface area contributed by atoms with Crippen LogP contribution in [0.5, 0.6) is 0 Å². The second-order valence-electron chi connectivity index (χ2n) is 5.50. The van der Waals surface area contributed by atoms with Gasteiger partial charge in [-0.2, -0.15) is 5.26 Å². The molecule has 4 rings (SSSR count). The Balaban J connectivity index is 1.47. The number of rotatable bonds is 2. The standard InChI is InChI=1S/C14H14N6S/c15-5-12-1-2-16-13(18-12)19-6-10-8-20(9-11(10)7-19)14-17-3-4-21-14/h1-4,10-11H,6-9H2. The van der Waals surface area contributed by atoms with Gasteiger partial charge in [0.05, 0.1) is 0 Å². The van der Waals surface area contributed by atoms with Gasteiger partial charge in [-0.15, -0.1) is 11.3 Å². The van der Waals surface area contributed by atoms with Crippen molar-refractivity contribution in [3.05, 3.63) is 29.5 Å². The van der Waals surface area contributed by atoms with E-state index in [0.717, 1.165) is 31.3 Å². The number of nitrogens with zero attached hydrogens (tertiary/aromatic N) is 6. The molecule has 0 spiro atoms. The van der Waals surface area contributed by atoms with Crippen LogP contribution in [0.25, 0.3) is 0 Å². The van der Waals surface area contributed by atoms with Crippen molar-refractivity contribution in [3.63, 3.8) is 0 Å². The molecule has 0 saturated carbocycles. The predicted molar refractivity (Wildman–Crippen MR) is 80.3 cm³/mol. The van der Waals surface area contributed by atoms with Gasteiger partial charge in [-0.05, 0) is 6.07 Å². The summed E-state index contributed by atoms with van der Waals surface area (Å²) in [6.45, 7) is 4.02. The summed E-state index contributed by atoms with van der Waals surface area (Å²) in [6.07, 6.45) is 3.53. The lowest BCUT2D eigenvalue weighted by Crippen LogP contribution is -2.29. The van der Waals surface area contributed by atoms with Gasteiger partial charge >= 0.3 is 0 Å². The lowest BCUT2D eigenvalue weighted by molar-refractivity contribution is 0.533. The van der Waals surface area contributed by atoms with Gasteiger partial charge in [0.25, 0.3) is 0 Å². The van der Waals surface area contributed by atoms with Crippen LogP contribution in [0, 0.1) is 23.2 Å². The second-order valence-corrected chi connectivity index (χ2v) is 6.37. The van der Waals surface area contributed by atoms with Crippen LogP contribution in [-0.2, 0) is 0 Å². The Hall–Kier alpha value is -2.20. The molecule has 2 unspecified atom stereocenters. The van der Waals surface area contributed by atoms with Crippen molar-refractivity contribution in [1.29, 1.82) is 5.26 Å². The number of aromatic nitrogens is 3. The number of hydrogen-bond donors (Lipinski definition) is 0. The molecular weight excluding hydrogens is 284 g/mol. The van der Waals surface area contributed by atoms with E-state index in [2.05, 4.69) is 30.8 Å². The number of thiazole rings is 1. The van der Waals surface area contributed by atoms with Crippen molar-refractivity contribution in [2.75, 3.05) is 36.0 Å². The summed E-state index contributed by atoms with van der Waals surface area (Å²) in [4.78, 5) is 17.6. The van der Waals surface area contributed by atoms with E-state index in [1.54, 1.807) is 23.6 Å². The maximum atomic E-state index is 8.94. The first-order valence-electron chi connectivity index (χ1n) is 6.96. The molecule has 106 valence electrons.